The van der Waals surface area contributed by atoms with Crippen LogP contribution < -0.4 is 9.91 Å². The fourth-order valence-electron chi connectivity index (χ4n) is 6.38. The lowest BCUT2D eigenvalue weighted by Gasteiger charge is -2.34. The van der Waals surface area contributed by atoms with E-state index in [-0.39, 0.29) is 0 Å². The Labute approximate surface area is 256 Å². The van der Waals surface area contributed by atoms with Crippen LogP contribution in [0, 0.1) is 0 Å². The number of pyridine rings is 2. The second kappa shape index (κ2) is 11.8. The number of imidazole rings is 1. The van der Waals surface area contributed by atoms with Crippen molar-refractivity contribution in [1.29, 1.82) is 0 Å². The number of anilines is 1. The van der Waals surface area contributed by atoms with Crippen LogP contribution in [0.2, 0.25) is 0 Å². The van der Waals surface area contributed by atoms with Gasteiger partial charge in [-0.3, -0.25) is 14.9 Å². The molecule has 12 heteroatoms. The molecule has 0 bridgehead atoms. The summed E-state index contributed by atoms with van der Waals surface area (Å²) in [6.07, 6.45) is 5.80. The second-order valence-electron chi connectivity index (χ2n) is 11.9. The van der Waals surface area contributed by atoms with E-state index in [0.29, 0.717) is 13.2 Å². The molecule has 228 valence electrons. The Morgan fingerprint density at radius 2 is 1.59 bits per heavy atom. The maximum absolute atomic E-state index is 5.63. The molecule has 0 unspecified atom stereocenters. The average molecular weight is 595 g/mol. The van der Waals surface area contributed by atoms with Gasteiger partial charge < -0.3 is 24.3 Å². The van der Waals surface area contributed by atoms with Gasteiger partial charge in [0, 0.05) is 81.2 Å². The molecule has 0 amide bonds. The highest BCUT2D eigenvalue weighted by atomic mass is 16.5. The highest BCUT2D eigenvalue weighted by Gasteiger charge is 2.23. The van der Waals surface area contributed by atoms with Crippen LogP contribution in [0.15, 0.2) is 48.9 Å². The Kier molecular flexibility index (Phi) is 7.34. The van der Waals surface area contributed by atoms with Crippen LogP contribution in [0.1, 0.15) is 5.56 Å². The molecule has 5 aromatic rings. The van der Waals surface area contributed by atoms with Gasteiger partial charge in [0.25, 0.3) is 0 Å². The SMILES string of the molecule is CN1CCN(c2ccc3nc(-c4nn(N5CCOCC5)c5ncc(-c6cncc(CN7CCOCC7)c6)cc45)[nH]c3c2)CC1. The monoisotopic (exact) mass is 594 g/mol. The van der Waals surface area contributed by atoms with Crippen LogP contribution in [0.3, 0.4) is 0 Å². The number of nitrogens with zero attached hydrogens (tertiary/aromatic N) is 9. The number of ether oxygens (including phenoxy) is 2. The molecule has 0 aliphatic carbocycles. The first kappa shape index (κ1) is 27.4. The van der Waals surface area contributed by atoms with E-state index in [0.717, 1.165) is 117 Å². The fourth-order valence-corrected chi connectivity index (χ4v) is 6.38. The quantitative estimate of drug-likeness (QED) is 0.316. The van der Waals surface area contributed by atoms with Gasteiger partial charge in [-0.05, 0) is 42.9 Å². The van der Waals surface area contributed by atoms with Crippen molar-refractivity contribution in [2.45, 2.75) is 6.54 Å². The van der Waals surface area contributed by atoms with E-state index >= 15 is 0 Å². The first-order valence-corrected chi connectivity index (χ1v) is 15.6. The maximum Gasteiger partial charge on any atom is 0.181 e. The van der Waals surface area contributed by atoms with Crippen LogP contribution in [-0.2, 0) is 16.0 Å². The zero-order valence-corrected chi connectivity index (χ0v) is 25.2. The predicted octanol–water partition coefficient (Wildman–Crippen LogP) is 2.59. The lowest BCUT2D eigenvalue weighted by Crippen LogP contribution is -2.44. The van der Waals surface area contributed by atoms with Gasteiger partial charge in [0.15, 0.2) is 11.5 Å². The lowest BCUT2D eigenvalue weighted by molar-refractivity contribution is 0.0341. The molecule has 7 heterocycles. The second-order valence-corrected chi connectivity index (χ2v) is 11.9. The number of likely N-dealkylation sites (N-methyl/N-ethyl adjacent to an activating group) is 1. The smallest absolute Gasteiger partial charge is 0.181 e. The zero-order valence-electron chi connectivity index (χ0n) is 25.2. The number of aromatic nitrogens is 6. The maximum atomic E-state index is 5.63. The lowest BCUT2D eigenvalue weighted by atomic mass is 10.1. The summed E-state index contributed by atoms with van der Waals surface area (Å²) in [6.45, 7) is 11.3. The predicted molar refractivity (Wildman–Crippen MR) is 170 cm³/mol. The van der Waals surface area contributed by atoms with Crippen molar-refractivity contribution in [3.05, 3.63) is 54.5 Å². The third kappa shape index (κ3) is 5.38. The molecule has 12 nitrogen and oxygen atoms in total. The molecule has 3 aliphatic rings. The van der Waals surface area contributed by atoms with Gasteiger partial charge in [-0.2, -0.15) is 4.79 Å². The van der Waals surface area contributed by atoms with Gasteiger partial charge >= 0.3 is 0 Å². The summed E-state index contributed by atoms with van der Waals surface area (Å²) in [5.74, 6) is 0.741. The molecule has 4 aromatic heterocycles. The minimum Gasteiger partial charge on any atom is -0.379 e. The average Bonchev–Trinajstić information content (AvgIpc) is 3.67. The largest absolute Gasteiger partial charge is 0.379 e. The summed E-state index contributed by atoms with van der Waals surface area (Å²) < 4.78 is 11.2. The van der Waals surface area contributed by atoms with Crippen LogP contribution >= 0.6 is 0 Å². The molecule has 3 saturated heterocycles. The summed E-state index contributed by atoms with van der Waals surface area (Å²) in [6, 6.07) is 10.9. The summed E-state index contributed by atoms with van der Waals surface area (Å²) in [5, 5.41) is 8.25. The topological polar surface area (TPSA) is 104 Å². The number of H-pyrrole nitrogens is 1. The van der Waals surface area contributed by atoms with Crippen molar-refractivity contribution in [2.75, 3.05) is 95.7 Å². The van der Waals surface area contributed by atoms with Crippen molar-refractivity contribution in [3.8, 4) is 22.6 Å². The number of aromatic amines is 1. The highest BCUT2D eigenvalue weighted by molar-refractivity contribution is 5.94. The van der Waals surface area contributed by atoms with Crippen molar-refractivity contribution in [1.82, 2.24) is 39.6 Å². The van der Waals surface area contributed by atoms with Gasteiger partial charge in [0.2, 0.25) is 0 Å². The van der Waals surface area contributed by atoms with Gasteiger partial charge in [0.05, 0.1) is 55.9 Å². The molecule has 0 radical (unpaired) electrons. The van der Waals surface area contributed by atoms with E-state index < -0.39 is 0 Å². The number of hydrogen-bond acceptors (Lipinski definition) is 10. The Balaban J connectivity index is 1.17. The molecule has 3 fully saturated rings. The third-order valence-corrected chi connectivity index (χ3v) is 8.96. The van der Waals surface area contributed by atoms with Crippen molar-refractivity contribution >= 4 is 27.8 Å². The van der Waals surface area contributed by atoms with Crippen molar-refractivity contribution in [2.24, 2.45) is 0 Å². The normalized spacial score (nSPS) is 18.9. The summed E-state index contributed by atoms with van der Waals surface area (Å²) in [7, 11) is 2.18. The number of piperazine rings is 1. The van der Waals surface area contributed by atoms with Crippen LogP contribution in [0.25, 0.3) is 44.7 Å². The van der Waals surface area contributed by atoms with Crippen LogP contribution in [0.4, 0.5) is 5.69 Å². The van der Waals surface area contributed by atoms with Gasteiger partial charge in [-0.1, -0.05) is 0 Å². The molecule has 0 saturated carbocycles. The molecular weight excluding hydrogens is 556 g/mol. The molecular formula is C32H38N10O2. The number of rotatable bonds is 6. The Hall–Kier alpha value is -4.10. The minimum atomic E-state index is 0.663. The van der Waals surface area contributed by atoms with Crippen molar-refractivity contribution < 1.29 is 9.47 Å². The highest BCUT2D eigenvalue weighted by Crippen LogP contribution is 2.32. The summed E-state index contributed by atoms with van der Waals surface area (Å²) in [4.78, 5) is 27.3. The van der Waals surface area contributed by atoms with Crippen molar-refractivity contribution in [3.63, 3.8) is 0 Å². The van der Waals surface area contributed by atoms with E-state index in [1.165, 1.54) is 11.3 Å². The zero-order chi connectivity index (χ0) is 29.5. The summed E-state index contributed by atoms with van der Waals surface area (Å²) in [5.41, 5.74) is 7.98. The number of fused-ring (bicyclic) bond motifs is 2. The molecule has 0 atom stereocenters. The van der Waals surface area contributed by atoms with E-state index in [2.05, 4.69) is 67.1 Å². The van der Waals surface area contributed by atoms with Gasteiger partial charge in [-0.25, -0.2) is 9.97 Å². The number of morpholine rings is 2. The molecule has 1 N–H and O–H groups in total. The number of benzene rings is 1. The number of nitrogens with one attached hydrogen (secondary N) is 1. The molecule has 1 aromatic carbocycles. The van der Waals surface area contributed by atoms with E-state index in [1.807, 2.05) is 23.4 Å². The Bertz CT molecular complexity index is 1760. The van der Waals surface area contributed by atoms with E-state index in [1.54, 1.807) is 0 Å². The first-order chi connectivity index (χ1) is 21.7. The fraction of sp³-hybridized carbons (Fsp3) is 0.438. The minimum absolute atomic E-state index is 0.663. The molecule has 3 aliphatic heterocycles. The Morgan fingerprint density at radius 1 is 0.818 bits per heavy atom. The van der Waals surface area contributed by atoms with Crippen LogP contribution in [-0.4, -0.2) is 125 Å². The van der Waals surface area contributed by atoms with Gasteiger partial charge in [0.1, 0.15) is 5.69 Å². The molecule has 44 heavy (non-hydrogen) atoms. The number of hydrogen-bond donors (Lipinski definition) is 1. The van der Waals surface area contributed by atoms with E-state index in [4.69, 9.17) is 24.5 Å². The van der Waals surface area contributed by atoms with Gasteiger partial charge in [-0.15, -0.1) is 5.10 Å². The van der Waals surface area contributed by atoms with Crippen LogP contribution in [0.5, 0.6) is 0 Å². The van der Waals surface area contributed by atoms with E-state index in [9.17, 15) is 0 Å². The molecule has 8 rings (SSSR count). The Morgan fingerprint density at radius 3 is 2.41 bits per heavy atom. The summed E-state index contributed by atoms with van der Waals surface area (Å²) >= 11 is 0. The first-order valence-electron chi connectivity index (χ1n) is 15.6. The third-order valence-electron chi connectivity index (χ3n) is 8.96. The molecule has 0 spiro atoms. The standard InChI is InChI=1S/C32H38N10O2/c1-38-4-6-40(7-5-38)26-2-3-28-29(18-26)36-31(35-28)30-27-17-25(21-34-32(27)42(37-30)41-10-14-44-15-11-41)24-16-23(19-33-20-24)22-39-8-12-43-13-9-39/h2-3,16-21H,4-15,22H2,1H3,(H,35,36).